The lowest BCUT2D eigenvalue weighted by Crippen LogP contribution is -2.39. The van der Waals surface area contributed by atoms with Gasteiger partial charge in [-0.25, -0.2) is 0 Å². The minimum atomic E-state index is -0.0527. The first-order chi connectivity index (χ1) is 10.6. The summed E-state index contributed by atoms with van der Waals surface area (Å²) < 4.78 is 0. The molecule has 0 aliphatic heterocycles. The van der Waals surface area contributed by atoms with Crippen LogP contribution in [0.1, 0.15) is 36.2 Å². The molecule has 1 saturated carbocycles. The van der Waals surface area contributed by atoms with Gasteiger partial charge in [0.05, 0.1) is 0 Å². The summed E-state index contributed by atoms with van der Waals surface area (Å²) >= 11 is 0. The van der Waals surface area contributed by atoms with Crippen molar-refractivity contribution in [2.75, 3.05) is 20.1 Å². The number of hydrogen-bond acceptors (Lipinski definition) is 2. The molecule has 5 heteroatoms. The van der Waals surface area contributed by atoms with Gasteiger partial charge in [-0.1, -0.05) is 19.1 Å². The van der Waals surface area contributed by atoms with Crippen molar-refractivity contribution in [1.29, 1.82) is 0 Å². The maximum atomic E-state index is 11.6. The highest BCUT2D eigenvalue weighted by molar-refractivity contribution is 5.94. The number of guanidine groups is 1. The third kappa shape index (κ3) is 4.76. The molecule has 1 fully saturated rings. The molecular formula is C17H26N4O. The zero-order valence-corrected chi connectivity index (χ0v) is 13.6. The van der Waals surface area contributed by atoms with Crippen LogP contribution in [-0.2, 0) is 6.42 Å². The average Bonchev–Trinajstić information content (AvgIpc) is 3.22. The highest BCUT2D eigenvalue weighted by Gasteiger charge is 2.33. The number of carbonyl (C=O) groups is 1. The van der Waals surface area contributed by atoms with Crippen LogP contribution in [-0.4, -0.2) is 38.0 Å². The highest BCUT2D eigenvalue weighted by atomic mass is 16.1. The zero-order chi connectivity index (χ0) is 15.9. The Morgan fingerprint density at radius 3 is 2.82 bits per heavy atom. The van der Waals surface area contributed by atoms with Gasteiger partial charge < -0.3 is 16.0 Å². The van der Waals surface area contributed by atoms with Gasteiger partial charge in [0.2, 0.25) is 0 Å². The van der Waals surface area contributed by atoms with Crippen LogP contribution in [0, 0.1) is 5.92 Å². The van der Waals surface area contributed by atoms with Gasteiger partial charge >= 0.3 is 0 Å². The monoisotopic (exact) mass is 302 g/mol. The summed E-state index contributed by atoms with van der Waals surface area (Å²) in [4.78, 5) is 16.2. The largest absolute Gasteiger partial charge is 0.357 e. The molecule has 0 saturated heterocycles. The lowest BCUT2D eigenvalue weighted by molar-refractivity contribution is 0.0963. The van der Waals surface area contributed by atoms with E-state index in [1.165, 1.54) is 6.42 Å². The first kappa shape index (κ1) is 16.3. The van der Waals surface area contributed by atoms with E-state index in [0.29, 0.717) is 18.2 Å². The second-order valence-corrected chi connectivity index (χ2v) is 5.75. The Morgan fingerprint density at radius 1 is 1.41 bits per heavy atom. The molecule has 1 aliphatic carbocycles. The predicted molar refractivity (Wildman–Crippen MR) is 90.2 cm³/mol. The molecule has 2 unspecified atom stereocenters. The fourth-order valence-corrected chi connectivity index (χ4v) is 2.33. The lowest BCUT2D eigenvalue weighted by Gasteiger charge is -2.10. The van der Waals surface area contributed by atoms with E-state index in [9.17, 15) is 4.79 Å². The summed E-state index contributed by atoms with van der Waals surface area (Å²) in [5.74, 6) is 1.58. The Hall–Kier alpha value is -2.04. The van der Waals surface area contributed by atoms with Crippen molar-refractivity contribution in [2.24, 2.45) is 10.9 Å². The summed E-state index contributed by atoms with van der Waals surface area (Å²) in [6, 6.07) is 8.27. The minimum absolute atomic E-state index is 0.0527. The maximum Gasteiger partial charge on any atom is 0.251 e. The van der Waals surface area contributed by atoms with Crippen LogP contribution in [0.5, 0.6) is 0 Å². The van der Waals surface area contributed by atoms with Gasteiger partial charge in [-0.3, -0.25) is 9.79 Å². The van der Waals surface area contributed by atoms with Crippen molar-refractivity contribution in [3.63, 3.8) is 0 Å². The zero-order valence-electron chi connectivity index (χ0n) is 13.6. The van der Waals surface area contributed by atoms with Crippen LogP contribution in [0.3, 0.4) is 0 Å². The molecular weight excluding hydrogens is 276 g/mol. The second-order valence-electron chi connectivity index (χ2n) is 5.75. The Balaban J connectivity index is 1.90. The molecule has 1 aliphatic rings. The number of nitrogens with one attached hydrogen (secondary N) is 3. The Bertz CT molecular complexity index is 541. The smallest absolute Gasteiger partial charge is 0.251 e. The Labute approximate surface area is 132 Å². The van der Waals surface area contributed by atoms with E-state index in [2.05, 4.69) is 34.8 Å². The molecule has 1 aromatic rings. The van der Waals surface area contributed by atoms with E-state index < -0.39 is 0 Å². The van der Waals surface area contributed by atoms with Gasteiger partial charge in [-0.2, -0.15) is 0 Å². The van der Waals surface area contributed by atoms with Crippen molar-refractivity contribution in [3.05, 3.63) is 35.4 Å². The van der Waals surface area contributed by atoms with Gasteiger partial charge in [-0.15, -0.1) is 0 Å². The Kier molecular flexibility index (Phi) is 5.81. The molecule has 0 radical (unpaired) electrons. The van der Waals surface area contributed by atoms with Crippen LogP contribution in [0.25, 0.3) is 0 Å². The molecule has 0 heterocycles. The molecule has 1 aromatic carbocycles. The third-order valence-corrected chi connectivity index (χ3v) is 3.86. The molecule has 1 amide bonds. The predicted octanol–water partition coefficient (Wildman–Crippen LogP) is 1.55. The van der Waals surface area contributed by atoms with Crippen molar-refractivity contribution >= 4 is 11.9 Å². The van der Waals surface area contributed by atoms with Crippen LogP contribution in [0.15, 0.2) is 29.3 Å². The number of nitrogens with zero attached hydrogens (tertiary/aromatic N) is 1. The van der Waals surface area contributed by atoms with E-state index in [1.807, 2.05) is 24.3 Å². The molecule has 3 N–H and O–H groups in total. The van der Waals surface area contributed by atoms with Gasteiger partial charge in [-0.05, 0) is 43.4 Å². The summed E-state index contributed by atoms with van der Waals surface area (Å²) in [6.07, 6.45) is 2.04. The van der Waals surface area contributed by atoms with Crippen LogP contribution < -0.4 is 16.0 Å². The molecule has 2 atom stereocenters. The number of amides is 1. The Morgan fingerprint density at radius 2 is 2.18 bits per heavy atom. The standard InChI is InChI=1S/C17H26N4O/c1-4-19-17(21-15-10-12(15)2)20-9-8-13-6-5-7-14(11-13)16(22)18-3/h5-7,11-12,15H,4,8-10H2,1-3H3,(H,18,22)(H2,19,20,21). The number of benzene rings is 1. The minimum Gasteiger partial charge on any atom is -0.357 e. The van der Waals surface area contributed by atoms with Gasteiger partial charge in [0, 0.05) is 31.7 Å². The van der Waals surface area contributed by atoms with E-state index in [0.717, 1.165) is 30.4 Å². The highest BCUT2D eigenvalue weighted by Crippen LogP contribution is 2.28. The summed E-state index contributed by atoms with van der Waals surface area (Å²) in [5.41, 5.74) is 1.82. The van der Waals surface area contributed by atoms with Gasteiger partial charge in [0.1, 0.15) is 0 Å². The summed E-state index contributed by atoms with van der Waals surface area (Å²) in [5, 5.41) is 9.36. The first-order valence-corrected chi connectivity index (χ1v) is 8.00. The molecule has 0 spiro atoms. The van der Waals surface area contributed by atoms with Crippen LogP contribution >= 0.6 is 0 Å². The molecule has 5 nitrogen and oxygen atoms in total. The molecule has 0 bridgehead atoms. The molecule has 120 valence electrons. The maximum absolute atomic E-state index is 11.6. The fraction of sp³-hybridized carbons (Fsp3) is 0.529. The van der Waals surface area contributed by atoms with Crippen LogP contribution in [0.4, 0.5) is 0 Å². The SMILES string of the molecule is CCNC(=NCCc1cccc(C(=O)NC)c1)NC1CC1C. The lowest BCUT2D eigenvalue weighted by atomic mass is 10.1. The van der Waals surface area contributed by atoms with Crippen molar-refractivity contribution < 1.29 is 4.79 Å². The average molecular weight is 302 g/mol. The van der Waals surface area contributed by atoms with E-state index in [4.69, 9.17) is 0 Å². The quantitative estimate of drug-likeness (QED) is 0.552. The third-order valence-electron chi connectivity index (χ3n) is 3.86. The number of carbonyl (C=O) groups excluding carboxylic acids is 1. The summed E-state index contributed by atoms with van der Waals surface area (Å²) in [6.45, 7) is 5.87. The first-order valence-electron chi connectivity index (χ1n) is 8.00. The fourth-order valence-electron chi connectivity index (χ4n) is 2.33. The van der Waals surface area contributed by atoms with Crippen molar-refractivity contribution in [2.45, 2.75) is 32.7 Å². The van der Waals surface area contributed by atoms with E-state index in [1.54, 1.807) is 7.05 Å². The van der Waals surface area contributed by atoms with Crippen LogP contribution in [0.2, 0.25) is 0 Å². The number of hydrogen-bond donors (Lipinski definition) is 3. The topological polar surface area (TPSA) is 65.5 Å². The van der Waals surface area contributed by atoms with Gasteiger partial charge in [0.15, 0.2) is 5.96 Å². The van der Waals surface area contributed by atoms with E-state index in [-0.39, 0.29) is 5.91 Å². The van der Waals surface area contributed by atoms with Crippen molar-refractivity contribution in [1.82, 2.24) is 16.0 Å². The van der Waals surface area contributed by atoms with E-state index >= 15 is 0 Å². The normalized spacial score (nSPS) is 20.4. The molecule has 0 aromatic heterocycles. The summed E-state index contributed by atoms with van der Waals surface area (Å²) in [7, 11) is 1.65. The number of rotatable bonds is 6. The number of aliphatic imine (C=N–C) groups is 1. The molecule has 22 heavy (non-hydrogen) atoms. The van der Waals surface area contributed by atoms with Gasteiger partial charge in [0.25, 0.3) is 5.91 Å². The second kappa shape index (κ2) is 7.82. The van der Waals surface area contributed by atoms with Crippen molar-refractivity contribution in [3.8, 4) is 0 Å². The molecule has 2 rings (SSSR count).